The first kappa shape index (κ1) is 22.7. The largest absolute Gasteiger partial charge is 0.490 e. The van der Waals surface area contributed by atoms with Gasteiger partial charge >= 0.3 is 12.1 Å². The Morgan fingerprint density at radius 3 is 2.50 bits per heavy atom. The van der Waals surface area contributed by atoms with E-state index in [1.165, 1.54) is 18.3 Å². The summed E-state index contributed by atoms with van der Waals surface area (Å²) in [4.78, 5) is 12.8. The van der Waals surface area contributed by atoms with Crippen molar-refractivity contribution in [2.24, 2.45) is 0 Å². The Morgan fingerprint density at radius 2 is 1.93 bits per heavy atom. The molecular weight excluding hydrogens is 436 g/mol. The molecular formula is C17H20F4N2O6S. The molecule has 8 nitrogen and oxygen atoms in total. The van der Waals surface area contributed by atoms with Crippen LogP contribution >= 0.6 is 0 Å². The average Bonchev–Trinajstić information content (AvgIpc) is 3.46. The van der Waals surface area contributed by atoms with E-state index in [-0.39, 0.29) is 29.4 Å². The molecule has 1 saturated heterocycles. The second-order valence-electron chi connectivity index (χ2n) is 7.08. The van der Waals surface area contributed by atoms with Crippen molar-refractivity contribution in [3.8, 4) is 5.88 Å². The fourth-order valence-electron chi connectivity index (χ4n) is 3.48. The molecule has 3 aliphatic rings. The number of hydrogen-bond donors (Lipinski definition) is 1. The summed E-state index contributed by atoms with van der Waals surface area (Å²) in [6, 6.07) is 2.58. The number of rotatable bonds is 4. The third-order valence-corrected chi connectivity index (χ3v) is 7.41. The lowest BCUT2D eigenvalue weighted by Gasteiger charge is -2.38. The molecule has 0 aromatic carbocycles. The molecule has 2 saturated carbocycles. The number of morpholine rings is 1. The summed E-state index contributed by atoms with van der Waals surface area (Å²) in [5, 5.41) is 6.90. The van der Waals surface area contributed by atoms with Gasteiger partial charge in [0.1, 0.15) is 12.2 Å². The van der Waals surface area contributed by atoms with Crippen LogP contribution in [0.15, 0.2) is 18.3 Å². The topological polar surface area (TPSA) is 106 Å². The van der Waals surface area contributed by atoms with Crippen LogP contribution in [0.2, 0.25) is 0 Å². The molecule has 3 atom stereocenters. The average molecular weight is 456 g/mol. The van der Waals surface area contributed by atoms with Gasteiger partial charge in [-0.2, -0.15) is 17.5 Å². The van der Waals surface area contributed by atoms with Crippen LogP contribution in [0.4, 0.5) is 17.6 Å². The lowest BCUT2D eigenvalue weighted by Crippen LogP contribution is -2.55. The molecule has 3 fully saturated rings. The van der Waals surface area contributed by atoms with Gasteiger partial charge in [-0.1, -0.05) is 0 Å². The normalized spacial score (nSPS) is 27.0. The van der Waals surface area contributed by atoms with Crippen LogP contribution in [0.25, 0.3) is 0 Å². The number of ether oxygens (including phenoxy) is 2. The minimum Gasteiger partial charge on any atom is -0.475 e. The Morgan fingerprint density at radius 1 is 1.27 bits per heavy atom. The van der Waals surface area contributed by atoms with Gasteiger partial charge in [-0.3, -0.25) is 0 Å². The monoisotopic (exact) mass is 456 g/mol. The number of sulfonamides is 1. The van der Waals surface area contributed by atoms with E-state index in [9.17, 15) is 26.0 Å². The Kier molecular flexibility index (Phi) is 6.53. The zero-order valence-electron chi connectivity index (χ0n) is 15.6. The standard InChI is InChI=1S/C15H19FN2O4S.C2HF3O2/c16-11-2-1-7-17-15(11)22-13-6-5-12-14(13)21-9-8-18(12)23(19,20)10-3-4-10;3-2(4,5)1(6)7/h1-2,7,10,12-14H,3-6,8-9H2;(H,6,7)/t12-,13+,14+;/m0./s1. The molecule has 13 heteroatoms. The van der Waals surface area contributed by atoms with Gasteiger partial charge in [0.15, 0.2) is 5.82 Å². The zero-order chi connectivity index (χ0) is 22.1. The highest BCUT2D eigenvalue weighted by atomic mass is 32.2. The van der Waals surface area contributed by atoms with Gasteiger partial charge in [0.2, 0.25) is 10.0 Å². The Hall–Kier alpha value is -1.99. The number of nitrogens with zero attached hydrogens (tertiary/aromatic N) is 2. The number of aromatic nitrogens is 1. The molecule has 168 valence electrons. The molecule has 0 bridgehead atoms. The molecule has 30 heavy (non-hydrogen) atoms. The molecule has 0 unspecified atom stereocenters. The minimum atomic E-state index is -5.08. The third kappa shape index (κ3) is 5.01. The maximum absolute atomic E-state index is 13.7. The molecule has 2 heterocycles. The van der Waals surface area contributed by atoms with E-state index in [4.69, 9.17) is 19.4 Å². The highest BCUT2D eigenvalue weighted by molar-refractivity contribution is 7.90. The van der Waals surface area contributed by atoms with E-state index in [2.05, 4.69) is 4.98 Å². The summed E-state index contributed by atoms with van der Waals surface area (Å²) in [6.45, 7) is 0.738. The number of pyridine rings is 1. The summed E-state index contributed by atoms with van der Waals surface area (Å²) < 4.78 is 83.6. The number of fused-ring (bicyclic) bond motifs is 1. The van der Waals surface area contributed by atoms with Crippen molar-refractivity contribution in [2.75, 3.05) is 13.2 Å². The molecule has 1 aliphatic heterocycles. The summed E-state index contributed by atoms with van der Waals surface area (Å²) >= 11 is 0. The van der Waals surface area contributed by atoms with Crippen LogP contribution in [0.3, 0.4) is 0 Å². The molecule has 0 amide bonds. The van der Waals surface area contributed by atoms with E-state index < -0.39 is 28.0 Å². The maximum Gasteiger partial charge on any atom is 0.490 e. The minimum absolute atomic E-state index is 0.0519. The predicted octanol–water partition coefficient (Wildman–Crippen LogP) is 1.96. The first-order chi connectivity index (χ1) is 14.0. The number of hydrogen-bond acceptors (Lipinski definition) is 6. The van der Waals surface area contributed by atoms with E-state index in [0.29, 0.717) is 26.0 Å². The highest BCUT2D eigenvalue weighted by Gasteiger charge is 2.51. The lowest BCUT2D eigenvalue weighted by molar-refractivity contribution is -0.192. The van der Waals surface area contributed by atoms with Crippen LogP contribution in [0.1, 0.15) is 25.7 Å². The van der Waals surface area contributed by atoms with Crippen molar-refractivity contribution in [1.29, 1.82) is 0 Å². The van der Waals surface area contributed by atoms with Gasteiger partial charge in [-0.15, -0.1) is 0 Å². The SMILES string of the molecule is O=C(O)C(F)(F)F.O=S(=O)(C1CC1)N1CCO[C@H]2[C@H](Oc3ncccc3F)CC[C@@H]21. The molecule has 0 radical (unpaired) electrons. The van der Waals surface area contributed by atoms with E-state index >= 15 is 0 Å². The summed E-state index contributed by atoms with van der Waals surface area (Å²) in [6.07, 6.45) is -1.57. The Labute approximate surface area is 169 Å². The van der Waals surface area contributed by atoms with E-state index in [1.54, 1.807) is 4.31 Å². The first-order valence-corrected chi connectivity index (χ1v) is 10.7. The molecule has 1 aromatic heterocycles. The van der Waals surface area contributed by atoms with Crippen molar-refractivity contribution in [3.63, 3.8) is 0 Å². The van der Waals surface area contributed by atoms with Gasteiger partial charge in [0.25, 0.3) is 5.88 Å². The zero-order valence-corrected chi connectivity index (χ0v) is 16.4. The fourth-order valence-corrected chi connectivity index (χ4v) is 5.53. The van der Waals surface area contributed by atoms with Crippen molar-refractivity contribution < 1.29 is 45.4 Å². The number of halogens is 4. The van der Waals surface area contributed by atoms with Gasteiger partial charge in [0.05, 0.1) is 17.9 Å². The Bertz CT molecular complexity index is 877. The second-order valence-corrected chi connectivity index (χ2v) is 9.25. The van der Waals surface area contributed by atoms with Gasteiger partial charge < -0.3 is 14.6 Å². The smallest absolute Gasteiger partial charge is 0.475 e. The van der Waals surface area contributed by atoms with Crippen molar-refractivity contribution >= 4 is 16.0 Å². The predicted molar refractivity (Wildman–Crippen MR) is 93.7 cm³/mol. The number of alkyl halides is 3. The quantitative estimate of drug-likeness (QED) is 0.691. The Balaban J connectivity index is 0.000000318. The highest BCUT2D eigenvalue weighted by Crippen LogP contribution is 2.39. The first-order valence-electron chi connectivity index (χ1n) is 9.21. The number of carboxylic acid groups (broad SMARTS) is 1. The van der Waals surface area contributed by atoms with Crippen molar-refractivity contribution in [2.45, 2.75) is 55.4 Å². The summed E-state index contributed by atoms with van der Waals surface area (Å²) in [5.41, 5.74) is 0. The van der Waals surface area contributed by atoms with Crippen molar-refractivity contribution in [1.82, 2.24) is 9.29 Å². The second kappa shape index (κ2) is 8.63. The summed E-state index contributed by atoms with van der Waals surface area (Å²) in [7, 11) is -3.24. The van der Waals surface area contributed by atoms with Crippen molar-refractivity contribution in [3.05, 3.63) is 24.1 Å². The number of carboxylic acids is 1. The molecule has 1 aromatic rings. The fraction of sp³-hybridized carbons (Fsp3) is 0.647. The molecule has 0 spiro atoms. The van der Waals surface area contributed by atoms with E-state index in [1.807, 2.05) is 0 Å². The van der Waals surface area contributed by atoms with Gasteiger partial charge in [-0.25, -0.2) is 22.6 Å². The molecule has 1 N–H and O–H groups in total. The maximum atomic E-state index is 13.7. The molecule has 2 aliphatic carbocycles. The van der Waals surface area contributed by atoms with Crippen LogP contribution in [-0.4, -0.2) is 71.6 Å². The number of aliphatic carboxylic acids is 1. The van der Waals surface area contributed by atoms with E-state index in [0.717, 1.165) is 12.8 Å². The van der Waals surface area contributed by atoms with Crippen LogP contribution in [0.5, 0.6) is 5.88 Å². The summed E-state index contributed by atoms with van der Waals surface area (Å²) in [5.74, 6) is -3.33. The third-order valence-electron chi connectivity index (χ3n) is 4.99. The van der Waals surface area contributed by atoms with Gasteiger partial charge in [-0.05, 0) is 37.8 Å². The van der Waals surface area contributed by atoms with Crippen LogP contribution in [0, 0.1) is 5.82 Å². The number of carbonyl (C=O) groups is 1. The van der Waals surface area contributed by atoms with Gasteiger partial charge in [0, 0.05) is 12.7 Å². The van der Waals surface area contributed by atoms with Crippen LogP contribution in [-0.2, 0) is 19.6 Å². The lowest BCUT2D eigenvalue weighted by atomic mass is 10.1. The van der Waals surface area contributed by atoms with Crippen LogP contribution < -0.4 is 4.74 Å². The molecule has 4 rings (SSSR count).